The Hall–Kier alpha value is -4.75. The van der Waals surface area contributed by atoms with Gasteiger partial charge in [0.1, 0.15) is 6.04 Å². The third-order valence-electron chi connectivity index (χ3n) is 6.55. The highest BCUT2D eigenvalue weighted by Gasteiger charge is 2.28. The molecule has 5 N–H and O–H groups in total. The standard InChI is InChI=1S/C29H31N7O5S/c37-27(22-9-12-25-23(17-22)18-34-35-25)33-19-26(28(38)41-16-4-13-30-29-31-14-15-32-29)36-42(39,40)24-10-7-21(8-11-24)20-5-2-1-3-6-20/h1-3,5-12,17-18,26,36H,4,13-16,19H2,(H,33,37)(H,34,35)(H2,30,31,32). The van der Waals surface area contributed by atoms with Gasteiger partial charge in [0.05, 0.1) is 29.8 Å². The van der Waals surface area contributed by atoms with E-state index in [-0.39, 0.29) is 18.0 Å². The summed E-state index contributed by atoms with van der Waals surface area (Å²) in [6.45, 7) is 1.72. The van der Waals surface area contributed by atoms with E-state index in [0.717, 1.165) is 28.6 Å². The van der Waals surface area contributed by atoms with Crippen LogP contribution in [0.4, 0.5) is 0 Å². The SMILES string of the molecule is O=C(NCC(NS(=O)(=O)c1ccc(-c2ccccc2)cc1)C(=O)OCCCNC1=NCCN1)c1ccc2[nH]ncc2c1. The van der Waals surface area contributed by atoms with Gasteiger partial charge in [-0.15, -0.1) is 0 Å². The Balaban J connectivity index is 1.24. The molecule has 42 heavy (non-hydrogen) atoms. The zero-order valence-corrected chi connectivity index (χ0v) is 23.5. The number of sulfonamides is 1. The molecule has 0 saturated heterocycles. The number of benzene rings is 3. The van der Waals surface area contributed by atoms with E-state index in [4.69, 9.17) is 4.74 Å². The predicted octanol–water partition coefficient (Wildman–Crippen LogP) is 1.79. The van der Waals surface area contributed by atoms with Crippen molar-refractivity contribution in [1.82, 2.24) is 30.9 Å². The highest BCUT2D eigenvalue weighted by molar-refractivity contribution is 7.89. The quantitative estimate of drug-likeness (QED) is 0.123. The number of nitrogens with zero attached hydrogens (tertiary/aromatic N) is 2. The van der Waals surface area contributed by atoms with Gasteiger partial charge in [-0.25, -0.2) is 8.42 Å². The third-order valence-corrected chi connectivity index (χ3v) is 8.04. The Kier molecular flexibility index (Phi) is 9.09. The molecule has 5 rings (SSSR count). The Morgan fingerprint density at radius 2 is 1.79 bits per heavy atom. The molecular formula is C29H31N7O5S. The van der Waals surface area contributed by atoms with Crippen LogP contribution in [0.5, 0.6) is 0 Å². The second-order valence-electron chi connectivity index (χ2n) is 9.55. The molecule has 1 aliphatic heterocycles. The van der Waals surface area contributed by atoms with Crippen LogP contribution in [0.25, 0.3) is 22.0 Å². The highest BCUT2D eigenvalue weighted by atomic mass is 32.2. The van der Waals surface area contributed by atoms with Crippen LogP contribution in [0.1, 0.15) is 16.8 Å². The van der Waals surface area contributed by atoms with Crippen molar-refractivity contribution < 1.29 is 22.7 Å². The Labute approximate surface area is 243 Å². The summed E-state index contributed by atoms with van der Waals surface area (Å²) in [6.07, 6.45) is 2.07. The number of guanidine groups is 1. The number of aliphatic imine (C=N–C) groups is 1. The molecule has 3 aromatic carbocycles. The van der Waals surface area contributed by atoms with Crippen LogP contribution in [0.15, 0.2) is 88.9 Å². The van der Waals surface area contributed by atoms with Crippen molar-refractivity contribution in [2.75, 3.05) is 32.8 Å². The number of ether oxygens (including phenoxy) is 1. The number of aromatic nitrogens is 2. The van der Waals surface area contributed by atoms with E-state index in [9.17, 15) is 18.0 Å². The monoisotopic (exact) mass is 589 g/mol. The number of amides is 1. The number of fused-ring (bicyclic) bond motifs is 1. The lowest BCUT2D eigenvalue weighted by Crippen LogP contribution is -2.49. The minimum atomic E-state index is -4.13. The van der Waals surface area contributed by atoms with Crippen LogP contribution >= 0.6 is 0 Å². The number of aromatic amines is 1. The number of rotatable bonds is 12. The first-order valence-electron chi connectivity index (χ1n) is 13.5. The first kappa shape index (κ1) is 28.8. The first-order chi connectivity index (χ1) is 20.4. The number of carbonyl (C=O) groups is 2. The van der Waals surface area contributed by atoms with Crippen molar-refractivity contribution in [2.24, 2.45) is 4.99 Å². The zero-order valence-electron chi connectivity index (χ0n) is 22.7. The second kappa shape index (κ2) is 13.3. The lowest BCUT2D eigenvalue weighted by Gasteiger charge is -2.19. The minimum Gasteiger partial charge on any atom is -0.464 e. The van der Waals surface area contributed by atoms with Gasteiger partial charge in [0.2, 0.25) is 10.0 Å². The third kappa shape index (κ3) is 7.30. The summed E-state index contributed by atoms with van der Waals surface area (Å²) >= 11 is 0. The number of esters is 1. The molecule has 4 aromatic rings. The van der Waals surface area contributed by atoms with Crippen LogP contribution in [-0.4, -0.2) is 75.3 Å². The summed E-state index contributed by atoms with van der Waals surface area (Å²) in [4.78, 5) is 30.1. The van der Waals surface area contributed by atoms with Crippen molar-refractivity contribution in [3.8, 4) is 11.1 Å². The Morgan fingerprint density at radius 3 is 2.55 bits per heavy atom. The summed E-state index contributed by atoms with van der Waals surface area (Å²) < 4.78 is 34.3. The van der Waals surface area contributed by atoms with E-state index in [0.29, 0.717) is 31.0 Å². The number of hydrogen-bond donors (Lipinski definition) is 5. The van der Waals surface area contributed by atoms with Gasteiger partial charge < -0.3 is 20.7 Å². The van der Waals surface area contributed by atoms with Gasteiger partial charge in [-0.2, -0.15) is 9.82 Å². The average Bonchev–Trinajstić information content (AvgIpc) is 3.71. The largest absolute Gasteiger partial charge is 0.464 e. The highest BCUT2D eigenvalue weighted by Crippen LogP contribution is 2.21. The molecule has 0 spiro atoms. The van der Waals surface area contributed by atoms with Crippen molar-refractivity contribution in [3.05, 3.63) is 84.6 Å². The predicted molar refractivity (Wildman–Crippen MR) is 158 cm³/mol. The maximum Gasteiger partial charge on any atom is 0.326 e. The van der Waals surface area contributed by atoms with Gasteiger partial charge >= 0.3 is 5.97 Å². The van der Waals surface area contributed by atoms with E-state index < -0.39 is 27.9 Å². The van der Waals surface area contributed by atoms with Gasteiger partial charge in [0.25, 0.3) is 5.91 Å². The molecule has 12 nitrogen and oxygen atoms in total. The van der Waals surface area contributed by atoms with Gasteiger partial charge in [0, 0.05) is 30.6 Å². The molecule has 1 amide bonds. The molecule has 1 aliphatic rings. The molecule has 0 aliphatic carbocycles. The molecule has 13 heteroatoms. The van der Waals surface area contributed by atoms with Crippen molar-refractivity contribution in [1.29, 1.82) is 0 Å². The van der Waals surface area contributed by atoms with Crippen LogP contribution in [0.2, 0.25) is 0 Å². The van der Waals surface area contributed by atoms with E-state index in [1.54, 1.807) is 36.5 Å². The Morgan fingerprint density at radius 1 is 1.00 bits per heavy atom. The summed E-state index contributed by atoms with van der Waals surface area (Å²) in [5.41, 5.74) is 2.89. The van der Waals surface area contributed by atoms with Crippen LogP contribution < -0.4 is 20.7 Å². The fourth-order valence-electron chi connectivity index (χ4n) is 4.33. The molecule has 1 unspecified atom stereocenters. The van der Waals surface area contributed by atoms with E-state index in [2.05, 4.69) is 35.9 Å². The van der Waals surface area contributed by atoms with Crippen molar-refractivity contribution in [3.63, 3.8) is 0 Å². The molecule has 0 fully saturated rings. The van der Waals surface area contributed by atoms with Crippen LogP contribution in [-0.2, 0) is 19.6 Å². The fourth-order valence-corrected chi connectivity index (χ4v) is 5.52. The fraction of sp³-hybridized carbons (Fsp3) is 0.241. The molecule has 0 saturated carbocycles. The number of carbonyl (C=O) groups excluding carboxylic acids is 2. The van der Waals surface area contributed by atoms with E-state index >= 15 is 0 Å². The van der Waals surface area contributed by atoms with Gasteiger partial charge in [0.15, 0.2) is 5.96 Å². The van der Waals surface area contributed by atoms with Gasteiger partial charge in [-0.05, 0) is 47.9 Å². The number of nitrogens with one attached hydrogen (secondary N) is 5. The number of hydrogen-bond acceptors (Lipinski definition) is 9. The summed E-state index contributed by atoms with van der Waals surface area (Å²) in [5, 5.41) is 16.3. The molecule has 0 radical (unpaired) electrons. The Bertz CT molecular complexity index is 1670. The first-order valence-corrected chi connectivity index (χ1v) is 15.0. The summed E-state index contributed by atoms with van der Waals surface area (Å²) in [7, 11) is -4.13. The molecular weight excluding hydrogens is 558 g/mol. The lowest BCUT2D eigenvalue weighted by molar-refractivity contribution is -0.145. The van der Waals surface area contributed by atoms with Crippen LogP contribution in [0, 0.1) is 0 Å². The molecule has 0 bridgehead atoms. The summed E-state index contributed by atoms with van der Waals surface area (Å²) in [6, 6.07) is 19.5. The lowest BCUT2D eigenvalue weighted by atomic mass is 10.1. The second-order valence-corrected chi connectivity index (χ2v) is 11.3. The number of H-pyrrole nitrogens is 1. The maximum atomic E-state index is 13.3. The summed E-state index contributed by atoms with van der Waals surface area (Å²) in [5.74, 6) is -0.584. The average molecular weight is 590 g/mol. The van der Waals surface area contributed by atoms with Gasteiger partial charge in [-0.3, -0.25) is 19.7 Å². The van der Waals surface area contributed by atoms with E-state index in [1.807, 2.05) is 30.3 Å². The topological polar surface area (TPSA) is 167 Å². The minimum absolute atomic E-state index is 0.0224. The zero-order chi connectivity index (χ0) is 29.4. The van der Waals surface area contributed by atoms with Gasteiger partial charge in [-0.1, -0.05) is 42.5 Å². The molecule has 1 aromatic heterocycles. The van der Waals surface area contributed by atoms with E-state index in [1.165, 1.54) is 12.1 Å². The maximum absolute atomic E-state index is 13.3. The van der Waals surface area contributed by atoms with Crippen molar-refractivity contribution in [2.45, 2.75) is 17.4 Å². The molecule has 218 valence electrons. The molecule has 1 atom stereocenters. The molecule has 2 heterocycles. The van der Waals surface area contributed by atoms with Crippen LogP contribution in [0.3, 0.4) is 0 Å². The smallest absolute Gasteiger partial charge is 0.326 e. The van der Waals surface area contributed by atoms with Crippen molar-refractivity contribution >= 4 is 38.8 Å². The normalized spacial score (nSPS) is 13.7.